The monoisotopic (exact) mass is 278 g/mol. The molecule has 0 bridgehead atoms. The van der Waals surface area contributed by atoms with Crippen LogP contribution in [-0.2, 0) is 4.79 Å². The number of benzene rings is 1. The van der Waals surface area contributed by atoms with Crippen LogP contribution in [0.5, 0.6) is 0 Å². The molecule has 2 amide bonds. The topological polar surface area (TPSA) is 58.2 Å². The van der Waals surface area contributed by atoms with Gasteiger partial charge in [0.25, 0.3) is 5.91 Å². The molecule has 1 saturated carbocycles. The molecule has 5 heteroatoms. The van der Waals surface area contributed by atoms with E-state index in [0.29, 0.717) is 5.92 Å². The fourth-order valence-corrected chi connectivity index (χ4v) is 2.52. The SMILES string of the molecule is CC1CCC(NC(=O)CNC(=O)c2ccccc2F)C1. The number of hydrogen-bond donors (Lipinski definition) is 2. The van der Waals surface area contributed by atoms with Gasteiger partial charge in [0.15, 0.2) is 0 Å². The summed E-state index contributed by atoms with van der Waals surface area (Å²) in [6.45, 7) is 2.03. The molecular formula is C15H19FN2O2. The smallest absolute Gasteiger partial charge is 0.254 e. The van der Waals surface area contributed by atoms with Crippen LogP contribution in [0.1, 0.15) is 36.5 Å². The summed E-state index contributed by atoms with van der Waals surface area (Å²) in [5.74, 6) is -0.754. The van der Waals surface area contributed by atoms with E-state index in [2.05, 4.69) is 17.6 Å². The van der Waals surface area contributed by atoms with Crippen molar-refractivity contribution in [2.24, 2.45) is 5.92 Å². The standard InChI is InChI=1S/C15H19FN2O2/c1-10-6-7-11(8-10)18-14(19)9-17-15(20)12-4-2-3-5-13(12)16/h2-5,10-11H,6-9H2,1H3,(H,17,20)(H,18,19). The minimum atomic E-state index is -0.588. The molecule has 2 rings (SSSR count). The summed E-state index contributed by atoms with van der Waals surface area (Å²) < 4.78 is 13.4. The van der Waals surface area contributed by atoms with Gasteiger partial charge < -0.3 is 10.6 Å². The van der Waals surface area contributed by atoms with Crippen LogP contribution in [0.2, 0.25) is 0 Å². The van der Waals surface area contributed by atoms with E-state index in [1.165, 1.54) is 18.2 Å². The van der Waals surface area contributed by atoms with Crippen LogP contribution in [0.3, 0.4) is 0 Å². The van der Waals surface area contributed by atoms with Gasteiger partial charge in [-0.3, -0.25) is 9.59 Å². The summed E-state index contributed by atoms with van der Waals surface area (Å²) in [5, 5.41) is 5.32. The van der Waals surface area contributed by atoms with E-state index >= 15 is 0 Å². The van der Waals surface area contributed by atoms with Crippen molar-refractivity contribution in [3.8, 4) is 0 Å². The lowest BCUT2D eigenvalue weighted by Crippen LogP contribution is -2.41. The molecule has 4 nitrogen and oxygen atoms in total. The fourth-order valence-electron chi connectivity index (χ4n) is 2.52. The molecule has 1 aliphatic rings. The predicted molar refractivity (Wildman–Crippen MR) is 73.7 cm³/mol. The number of amides is 2. The predicted octanol–water partition coefficient (Wildman–Crippen LogP) is 1.86. The van der Waals surface area contributed by atoms with Crippen molar-refractivity contribution < 1.29 is 14.0 Å². The third kappa shape index (κ3) is 3.79. The summed E-state index contributed by atoms with van der Waals surface area (Å²) in [6, 6.07) is 5.90. The van der Waals surface area contributed by atoms with Crippen molar-refractivity contribution in [1.29, 1.82) is 0 Å². The summed E-state index contributed by atoms with van der Waals surface area (Å²) >= 11 is 0. The highest BCUT2D eigenvalue weighted by atomic mass is 19.1. The highest BCUT2D eigenvalue weighted by Gasteiger charge is 2.22. The molecule has 20 heavy (non-hydrogen) atoms. The maximum Gasteiger partial charge on any atom is 0.254 e. The quantitative estimate of drug-likeness (QED) is 0.883. The van der Waals surface area contributed by atoms with E-state index in [4.69, 9.17) is 0 Å². The van der Waals surface area contributed by atoms with E-state index in [0.717, 1.165) is 19.3 Å². The molecule has 0 saturated heterocycles. The van der Waals surface area contributed by atoms with Crippen LogP contribution in [0.25, 0.3) is 0 Å². The van der Waals surface area contributed by atoms with Crippen LogP contribution in [-0.4, -0.2) is 24.4 Å². The minimum absolute atomic E-state index is 0.0465. The van der Waals surface area contributed by atoms with E-state index < -0.39 is 11.7 Å². The third-order valence-corrected chi connectivity index (χ3v) is 3.59. The van der Waals surface area contributed by atoms with Crippen molar-refractivity contribution in [1.82, 2.24) is 10.6 Å². The lowest BCUT2D eigenvalue weighted by atomic mass is 10.1. The van der Waals surface area contributed by atoms with Crippen LogP contribution in [0, 0.1) is 11.7 Å². The van der Waals surface area contributed by atoms with Crippen LogP contribution in [0.15, 0.2) is 24.3 Å². The Bertz CT molecular complexity index is 504. The molecule has 1 fully saturated rings. The highest BCUT2D eigenvalue weighted by Crippen LogP contribution is 2.24. The lowest BCUT2D eigenvalue weighted by Gasteiger charge is -2.13. The molecule has 0 aliphatic heterocycles. The van der Waals surface area contributed by atoms with Crippen molar-refractivity contribution >= 4 is 11.8 Å². The average molecular weight is 278 g/mol. The first kappa shape index (κ1) is 14.5. The highest BCUT2D eigenvalue weighted by molar-refractivity contribution is 5.96. The Morgan fingerprint density at radius 3 is 2.70 bits per heavy atom. The summed E-state index contributed by atoms with van der Waals surface area (Å²) in [7, 11) is 0. The summed E-state index contributed by atoms with van der Waals surface area (Å²) in [4.78, 5) is 23.4. The largest absolute Gasteiger partial charge is 0.352 e. The Morgan fingerprint density at radius 1 is 1.30 bits per heavy atom. The molecule has 0 radical (unpaired) electrons. The van der Waals surface area contributed by atoms with Gasteiger partial charge in [-0.05, 0) is 37.3 Å². The molecule has 0 spiro atoms. The first-order chi connectivity index (χ1) is 9.56. The van der Waals surface area contributed by atoms with Crippen molar-refractivity contribution in [2.45, 2.75) is 32.2 Å². The van der Waals surface area contributed by atoms with Gasteiger partial charge in [-0.2, -0.15) is 0 Å². The second kappa shape index (κ2) is 6.50. The Kier molecular flexibility index (Phi) is 4.71. The molecule has 0 heterocycles. The zero-order valence-corrected chi connectivity index (χ0v) is 11.5. The zero-order valence-electron chi connectivity index (χ0n) is 11.5. The van der Waals surface area contributed by atoms with Crippen LogP contribution < -0.4 is 10.6 Å². The average Bonchev–Trinajstić information content (AvgIpc) is 2.82. The van der Waals surface area contributed by atoms with Gasteiger partial charge in [-0.15, -0.1) is 0 Å². The van der Waals surface area contributed by atoms with E-state index in [9.17, 15) is 14.0 Å². The Balaban J connectivity index is 1.79. The minimum Gasteiger partial charge on any atom is -0.352 e. The molecule has 2 unspecified atom stereocenters. The Hall–Kier alpha value is -1.91. The van der Waals surface area contributed by atoms with Gasteiger partial charge in [0.05, 0.1) is 12.1 Å². The molecule has 108 valence electrons. The van der Waals surface area contributed by atoms with Gasteiger partial charge in [-0.1, -0.05) is 19.1 Å². The van der Waals surface area contributed by atoms with Crippen LogP contribution >= 0.6 is 0 Å². The summed E-state index contributed by atoms with van der Waals surface area (Å²) in [5.41, 5.74) is -0.0465. The van der Waals surface area contributed by atoms with Crippen molar-refractivity contribution in [3.05, 3.63) is 35.6 Å². The third-order valence-electron chi connectivity index (χ3n) is 3.59. The van der Waals surface area contributed by atoms with Crippen LogP contribution in [0.4, 0.5) is 4.39 Å². The number of halogens is 1. The fraction of sp³-hybridized carbons (Fsp3) is 0.467. The van der Waals surface area contributed by atoms with E-state index in [1.807, 2.05) is 0 Å². The number of nitrogens with one attached hydrogen (secondary N) is 2. The number of rotatable bonds is 4. The summed E-state index contributed by atoms with van der Waals surface area (Å²) in [6.07, 6.45) is 3.08. The van der Waals surface area contributed by atoms with Crippen molar-refractivity contribution in [3.63, 3.8) is 0 Å². The normalized spacial score (nSPS) is 21.5. The van der Waals surface area contributed by atoms with Gasteiger partial charge in [0, 0.05) is 6.04 Å². The number of carbonyl (C=O) groups excluding carboxylic acids is 2. The molecular weight excluding hydrogens is 259 g/mol. The second-order valence-electron chi connectivity index (χ2n) is 5.35. The van der Waals surface area contributed by atoms with Crippen molar-refractivity contribution in [2.75, 3.05) is 6.54 Å². The molecule has 1 aromatic rings. The maximum absolute atomic E-state index is 13.4. The maximum atomic E-state index is 13.4. The first-order valence-corrected chi connectivity index (χ1v) is 6.88. The molecule has 2 atom stereocenters. The van der Waals surface area contributed by atoms with E-state index in [-0.39, 0.29) is 24.1 Å². The molecule has 2 N–H and O–H groups in total. The van der Waals surface area contributed by atoms with Gasteiger partial charge in [0.1, 0.15) is 5.82 Å². The molecule has 1 aliphatic carbocycles. The van der Waals surface area contributed by atoms with E-state index in [1.54, 1.807) is 6.07 Å². The second-order valence-corrected chi connectivity index (χ2v) is 5.35. The first-order valence-electron chi connectivity index (χ1n) is 6.88. The van der Waals surface area contributed by atoms with Gasteiger partial charge in [-0.25, -0.2) is 4.39 Å². The molecule has 1 aromatic carbocycles. The molecule has 0 aromatic heterocycles. The zero-order chi connectivity index (χ0) is 14.5. The number of hydrogen-bond acceptors (Lipinski definition) is 2. The Morgan fingerprint density at radius 2 is 2.05 bits per heavy atom. The Labute approximate surface area is 117 Å². The number of carbonyl (C=O) groups is 2. The van der Waals surface area contributed by atoms with Gasteiger partial charge in [0.2, 0.25) is 5.91 Å². The lowest BCUT2D eigenvalue weighted by molar-refractivity contribution is -0.120. The van der Waals surface area contributed by atoms with Gasteiger partial charge >= 0.3 is 0 Å².